The molecule has 0 bridgehead atoms. The third kappa shape index (κ3) is 2.33. The number of rotatable bonds is 3. The van der Waals surface area contributed by atoms with Crippen LogP contribution in [0.25, 0.3) is 0 Å². The number of H-pyrrole nitrogens is 1. The van der Waals surface area contributed by atoms with Crippen molar-refractivity contribution in [2.75, 3.05) is 0 Å². The predicted octanol–water partition coefficient (Wildman–Crippen LogP) is 1.37. The number of aromatic carboxylic acids is 1. The van der Waals surface area contributed by atoms with Crippen molar-refractivity contribution in [1.29, 1.82) is 0 Å². The summed E-state index contributed by atoms with van der Waals surface area (Å²) >= 11 is 0. The van der Waals surface area contributed by atoms with Gasteiger partial charge in [0.1, 0.15) is 4.90 Å². The van der Waals surface area contributed by atoms with Crippen LogP contribution < -0.4 is 0 Å². The molecule has 1 fully saturated rings. The van der Waals surface area contributed by atoms with Gasteiger partial charge in [-0.2, -0.15) is 9.40 Å². The highest BCUT2D eigenvalue weighted by Crippen LogP contribution is 2.31. The molecule has 1 aromatic rings. The number of piperidine rings is 1. The highest BCUT2D eigenvalue weighted by molar-refractivity contribution is 7.89. The highest BCUT2D eigenvalue weighted by atomic mass is 32.2. The van der Waals surface area contributed by atoms with Gasteiger partial charge in [-0.05, 0) is 33.6 Å². The summed E-state index contributed by atoms with van der Waals surface area (Å²) in [6, 6.07) is -0.278. The van der Waals surface area contributed by atoms with E-state index in [-0.39, 0.29) is 22.7 Å². The molecule has 1 aliphatic rings. The first kappa shape index (κ1) is 15.0. The van der Waals surface area contributed by atoms with Crippen LogP contribution in [0.1, 0.15) is 49.3 Å². The smallest absolute Gasteiger partial charge is 0.357 e. The Kier molecular flexibility index (Phi) is 3.88. The number of hydrogen-bond acceptors (Lipinski definition) is 4. The fourth-order valence-corrected chi connectivity index (χ4v) is 5.04. The van der Waals surface area contributed by atoms with Crippen molar-refractivity contribution in [2.45, 2.75) is 57.0 Å². The molecule has 1 aliphatic heterocycles. The van der Waals surface area contributed by atoms with Crippen molar-refractivity contribution in [3.8, 4) is 0 Å². The van der Waals surface area contributed by atoms with Gasteiger partial charge in [0.25, 0.3) is 0 Å². The van der Waals surface area contributed by atoms with Gasteiger partial charge in [-0.15, -0.1) is 0 Å². The van der Waals surface area contributed by atoms with Crippen molar-refractivity contribution in [2.24, 2.45) is 0 Å². The van der Waals surface area contributed by atoms with E-state index in [0.717, 1.165) is 19.3 Å². The largest absolute Gasteiger partial charge is 0.476 e. The van der Waals surface area contributed by atoms with Gasteiger partial charge in [-0.1, -0.05) is 6.42 Å². The number of nitrogens with zero attached hydrogens (tertiary/aromatic N) is 2. The normalized spacial score (nSPS) is 24.8. The third-order valence-electron chi connectivity index (χ3n) is 3.74. The molecule has 20 heavy (non-hydrogen) atoms. The minimum atomic E-state index is -3.86. The monoisotopic (exact) mass is 301 g/mol. The van der Waals surface area contributed by atoms with E-state index in [9.17, 15) is 13.2 Å². The Morgan fingerprint density at radius 2 is 1.90 bits per heavy atom. The van der Waals surface area contributed by atoms with E-state index in [2.05, 4.69) is 10.2 Å². The van der Waals surface area contributed by atoms with Gasteiger partial charge in [0.15, 0.2) is 5.69 Å². The summed E-state index contributed by atoms with van der Waals surface area (Å²) in [4.78, 5) is 10.9. The minimum Gasteiger partial charge on any atom is -0.476 e. The van der Waals surface area contributed by atoms with Crippen LogP contribution in [0.15, 0.2) is 4.90 Å². The summed E-state index contributed by atoms with van der Waals surface area (Å²) in [5.41, 5.74) is -0.181. The van der Waals surface area contributed by atoms with E-state index in [1.165, 1.54) is 11.2 Å². The molecule has 1 aromatic heterocycles. The Morgan fingerprint density at radius 3 is 2.40 bits per heavy atom. The molecule has 0 aromatic carbocycles. The van der Waals surface area contributed by atoms with Crippen LogP contribution in [0.3, 0.4) is 0 Å². The number of sulfonamides is 1. The Bertz CT molecular complexity index is 613. The SMILES string of the molecule is Cc1[nH]nc(C(=O)O)c1S(=O)(=O)N1[C@H](C)CCC[C@@H]1C. The van der Waals surface area contributed by atoms with Gasteiger partial charge in [-0.25, -0.2) is 13.2 Å². The first-order valence-electron chi connectivity index (χ1n) is 6.58. The average Bonchev–Trinajstić information content (AvgIpc) is 2.71. The lowest BCUT2D eigenvalue weighted by Crippen LogP contribution is -2.47. The topological polar surface area (TPSA) is 103 Å². The van der Waals surface area contributed by atoms with E-state index in [4.69, 9.17) is 5.11 Å². The summed E-state index contributed by atoms with van der Waals surface area (Å²) in [5.74, 6) is -1.34. The molecule has 0 saturated carbocycles. The van der Waals surface area contributed by atoms with E-state index in [1.54, 1.807) is 0 Å². The lowest BCUT2D eigenvalue weighted by atomic mass is 10.0. The summed E-state index contributed by atoms with van der Waals surface area (Å²) in [7, 11) is -3.86. The molecule has 2 heterocycles. The molecule has 7 nitrogen and oxygen atoms in total. The lowest BCUT2D eigenvalue weighted by Gasteiger charge is -2.37. The number of nitrogens with one attached hydrogen (secondary N) is 1. The molecular formula is C12H19N3O4S. The van der Waals surface area contributed by atoms with Gasteiger partial charge in [-0.3, -0.25) is 5.10 Å². The molecule has 1 saturated heterocycles. The molecular weight excluding hydrogens is 282 g/mol. The molecule has 8 heteroatoms. The molecule has 0 spiro atoms. The molecule has 2 rings (SSSR count). The second-order valence-electron chi connectivity index (χ2n) is 5.30. The van der Waals surface area contributed by atoms with Gasteiger partial charge >= 0.3 is 5.97 Å². The number of aryl methyl sites for hydroxylation is 1. The number of hydrogen-bond donors (Lipinski definition) is 2. The van der Waals surface area contributed by atoms with Crippen molar-refractivity contribution in [3.05, 3.63) is 11.4 Å². The zero-order chi connectivity index (χ0) is 15.1. The highest BCUT2D eigenvalue weighted by Gasteiger charge is 2.39. The Labute approximate surface area is 118 Å². The Morgan fingerprint density at radius 1 is 1.35 bits per heavy atom. The van der Waals surface area contributed by atoms with E-state index in [1.807, 2.05) is 13.8 Å². The second-order valence-corrected chi connectivity index (χ2v) is 7.08. The van der Waals surface area contributed by atoms with Crippen LogP contribution in [-0.4, -0.2) is 46.1 Å². The number of carboxylic acid groups (broad SMARTS) is 1. The van der Waals surface area contributed by atoms with Crippen LogP contribution in [0.2, 0.25) is 0 Å². The van der Waals surface area contributed by atoms with Crippen LogP contribution >= 0.6 is 0 Å². The van der Waals surface area contributed by atoms with Crippen molar-refractivity contribution < 1.29 is 18.3 Å². The first-order valence-corrected chi connectivity index (χ1v) is 8.02. The van der Waals surface area contributed by atoms with Gasteiger partial charge < -0.3 is 5.11 Å². The van der Waals surface area contributed by atoms with Gasteiger partial charge in [0.2, 0.25) is 10.0 Å². The molecule has 0 unspecified atom stereocenters. The maximum atomic E-state index is 12.8. The molecule has 112 valence electrons. The van der Waals surface area contributed by atoms with Crippen LogP contribution in [-0.2, 0) is 10.0 Å². The summed E-state index contributed by atoms with van der Waals surface area (Å²) in [6.45, 7) is 5.22. The van der Waals surface area contributed by atoms with Crippen LogP contribution in [0, 0.1) is 6.92 Å². The molecule has 2 N–H and O–H groups in total. The molecule has 0 radical (unpaired) electrons. The Balaban J connectivity index is 2.55. The Hall–Kier alpha value is -1.41. The first-order chi connectivity index (χ1) is 9.26. The minimum absolute atomic E-state index is 0.139. The van der Waals surface area contributed by atoms with E-state index >= 15 is 0 Å². The van der Waals surface area contributed by atoms with Crippen molar-refractivity contribution in [3.63, 3.8) is 0 Å². The van der Waals surface area contributed by atoms with Gasteiger partial charge in [0.05, 0.1) is 5.69 Å². The van der Waals surface area contributed by atoms with Gasteiger partial charge in [0, 0.05) is 12.1 Å². The van der Waals surface area contributed by atoms with Crippen LogP contribution in [0.4, 0.5) is 0 Å². The average molecular weight is 301 g/mol. The number of carbonyl (C=O) groups is 1. The zero-order valence-corrected chi connectivity index (χ0v) is 12.6. The lowest BCUT2D eigenvalue weighted by molar-refractivity contribution is 0.0685. The molecule has 2 atom stereocenters. The number of aromatic amines is 1. The summed E-state index contributed by atoms with van der Waals surface area (Å²) in [5, 5.41) is 15.2. The fourth-order valence-electron chi connectivity index (χ4n) is 2.86. The maximum absolute atomic E-state index is 12.8. The molecule has 0 amide bonds. The third-order valence-corrected chi connectivity index (χ3v) is 6.03. The fraction of sp³-hybridized carbons (Fsp3) is 0.667. The summed E-state index contributed by atoms with van der Waals surface area (Å²) in [6.07, 6.45) is 2.54. The molecule has 0 aliphatic carbocycles. The van der Waals surface area contributed by atoms with E-state index in [0.29, 0.717) is 0 Å². The second kappa shape index (κ2) is 5.17. The summed E-state index contributed by atoms with van der Waals surface area (Å²) < 4.78 is 27.1. The number of aromatic nitrogens is 2. The number of carboxylic acids is 1. The zero-order valence-electron chi connectivity index (χ0n) is 11.8. The van der Waals surface area contributed by atoms with Crippen LogP contribution in [0.5, 0.6) is 0 Å². The van der Waals surface area contributed by atoms with E-state index < -0.39 is 21.7 Å². The predicted molar refractivity (Wildman–Crippen MR) is 72.1 cm³/mol. The van der Waals surface area contributed by atoms with Crippen molar-refractivity contribution in [1.82, 2.24) is 14.5 Å². The standard InChI is InChI=1S/C12H19N3O4S/c1-7-5-4-6-8(2)15(7)20(18,19)11-9(3)13-14-10(11)12(16)17/h7-8H,4-6H2,1-3H3,(H,13,14)(H,16,17)/t7-,8+. The quantitative estimate of drug-likeness (QED) is 0.877. The maximum Gasteiger partial charge on any atom is 0.357 e. The van der Waals surface area contributed by atoms with Crippen molar-refractivity contribution >= 4 is 16.0 Å².